The van der Waals surface area contributed by atoms with E-state index >= 15 is 0 Å². The largest absolute Gasteiger partial charge is 0.462 e. The van der Waals surface area contributed by atoms with Gasteiger partial charge in [-0.15, -0.1) is 11.6 Å². The topological polar surface area (TPSA) is 135 Å². The van der Waals surface area contributed by atoms with Gasteiger partial charge in [0.2, 0.25) is 6.29 Å². The number of carbonyl (C=O) groups excluding carboxylic acids is 5. The van der Waals surface area contributed by atoms with Gasteiger partial charge in [0.25, 0.3) is 5.91 Å². The second-order valence-corrected chi connectivity index (χ2v) is 14.0. The molecule has 0 saturated carbocycles. The van der Waals surface area contributed by atoms with Crippen LogP contribution in [0.15, 0.2) is 0 Å². The Bertz CT molecular complexity index is 993. The molecule has 2 heterocycles. The Kier molecular flexibility index (Phi) is 10.3. The van der Waals surface area contributed by atoms with Crippen molar-refractivity contribution in [3.8, 4) is 0 Å². The Morgan fingerprint density at radius 2 is 1.35 bits per heavy atom. The first-order valence-corrected chi connectivity index (χ1v) is 14.0. The molecule has 0 unspecified atom stereocenters. The van der Waals surface area contributed by atoms with Gasteiger partial charge in [-0.3, -0.25) is 19.2 Å². The Balaban J connectivity index is 2.61. The summed E-state index contributed by atoms with van der Waals surface area (Å²) in [4.78, 5) is 66.1. The Morgan fingerprint density at radius 1 is 0.875 bits per heavy atom. The highest BCUT2D eigenvalue weighted by Crippen LogP contribution is 2.38. The molecule has 7 atom stereocenters. The van der Waals surface area contributed by atoms with Crippen molar-refractivity contribution in [2.45, 2.75) is 119 Å². The first kappa shape index (κ1) is 33.8. The van der Waals surface area contributed by atoms with Crippen molar-refractivity contribution in [3.63, 3.8) is 0 Å². The third kappa shape index (κ3) is 7.66. The summed E-state index contributed by atoms with van der Waals surface area (Å²) in [5.74, 6) is -2.95. The number of halogens is 1. The van der Waals surface area contributed by atoms with Crippen molar-refractivity contribution < 1.29 is 47.7 Å². The van der Waals surface area contributed by atoms with Gasteiger partial charge in [0, 0.05) is 0 Å². The van der Waals surface area contributed by atoms with E-state index in [1.165, 1.54) is 0 Å². The summed E-state index contributed by atoms with van der Waals surface area (Å²) >= 11 is 6.43. The maximum Gasteiger partial charge on any atom is 0.419 e. The van der Waals surface area contributed by atoms with Gasteiger partial charge in [-0.2, -0.15) is 0 Å². The number of imide groups is 1. The van der Waals surface area contributed by atoms with Crippen LogP contribution in [0.5, 0.6) is 0 Å². The summed E-state index contributed by atoms with van der Waals surface area (Å²) < 4.78 is 28.6. The summed E-state index contributed by atoms with van der Waals surface area (Å²) in [6.07, 6.45) is -5.86. The number of amides is 2. The number of nitrogens with zero attached hydrogens (tertiary/aromatic N) is 1. The van der Waals surface area contributed by atoms with Gasteiger partial charge in [0.1, 0.15) is 24.1 Å². The van der Waals surface area contributed by atoms with E-state index in [4.69, 9.17) is 35.3 Å². The summed E-state index contributed by atoms with van der Waals surface area (Å²) in [5, 5.41) is -1.09. The molecule has 0 radical (unpaired) electrons. The third-order valence-corrected chi connectivity index (χ3v) is 7.26. The number of rotatable bonds is 7. The van der Waals surface area contributed by atoms with Crippen LogP contribution in [-0.2, 0) is 42.9 Å². The zero-order valence-electron chi connectivity index (χ0n) is 25.4. The van der Waals surface area contributed by atoms with E-state index in [1.807, 2.05) is 6.92 Å². The monoisotopic (exact) mass is 589 g/mol. The number of hydrogen-bond donors (Lipinski definition) is 0. The molecule has 2 rings (SSSR count). The molecular formula is C28H44ClNO10. The molecule has 0 bridgehead atoms. The molecular weight excluding hydrogens is 546 g/mol. The Labute approximate surface area is 241 Å². The van der Waals surface area contributed by atoms with Gasteiger partial charge in [0.15, 0.2) is 12.2 Å². The van der Waals surface area contributed by atoms with Gasteiger partial charge in [-0.05, 0) is 68.2 Å². The maximum atomic E-state index is 13.5. The minimum atomic E-state index is -1.41. The second-order valence-electron chi connectivity index (χ2n) is 13.5. The molecule has 11 nitrogen and oxygen atoms in total. The van der Waals surface area contributed by atoms with Crippen LogP contribution in [0.25, 0.3) is 0 Å². The van der Waals surface area contributed by atoms with Crippen LogP contribution in [0.2, 0.25) is 0 Å². The third-order valence-electron chi connectivity index (χ3n) is 6.65. The molecule has 0 aromatic rings. The van der Waals surface area contributed by atoms with Gasteiger partial charge >= 0.3 is 24.0 Å². The van der Waals surface area contributed by atoms with E-state index in [1.54, 1.807) is 69.2 Å². The Hall–Kier alpha value is -2.40. The van der Waals surface area contributed by atoms with Crippen molar-refractivity contribution in [3.05, 3.63) is 0 Å². The van der Waals surface area contributed by atoms with E-state index in [0.717, 1.165) is 4.90 Å². The average Bonchev–Trinajstić information content (AvgIpc) is 3.15. The van der Waals surface area contributed by atoms with Crippen LogP contribution < -0.4 is 0 Å². The van der Waals surface area contributed by atoms with Crippen molar-refractivity contribution in [1.82, 2.24) is 4.90 Å². The standard InChI is InChI=1S/C28H44ClNO10/c1-12-14(2)16(29)20(31)30-17-19(39-24(34)28(9,10)11)18(38-23(33)27(6,7)8)15(37-21(17)40-25(30)35)13-36-22(32)26(3,4)5/h14-19,21H,12-13H2,1-11H3/t14-,15-,16-,17-,18-,19-,21-/m1/s1. The van der Waals surface area contributed by atoms with Crippen LogP contribution in [0.4, 0.5) is 4.79 Å². The molecule has 40 heavy (non-hydrogen) atoms. The van der Waals surface area contributed by atoms with E-state index in [0.29, 0.717) is 6.42 Å². The highest BCUT2D eigenvalue weighted by Gasteiger charge is 2.62. The molecule has 0 aromatic carbocycles. The minimum Gasteiger partial charge on any atom is -0.462 e. The number of hydrogen-bond acceptors (Lipinski definition) is 10. The predicted octanol–water partition coefficient (Wildman–Crippen LogP) is 4.22. The summed E-state index contributed by atoms with van der Waals surface area (Å²) in [6.45, 7) is 18.0. The molecule has 0 aliphatic carbocycles. The molecule has 2 aliphatic heterocycles. The Morgan fingerprint density at radius 3 is 1.80 bits per heavy atom. The number of fused-ring (bicyclic) bond motifs is 1. The number of carbonyl (C=O) groups is 5. The molecule has 2 amide bonds. The fourth-order valence-electron chi connectivity index (χ4n) is 3.74. The van der Waals surface area contributed by atoms with Crippen LogP contribution in [0, 0.1) is 22.2 Å². The van der Waals surface area contributed by atoms with Crippen molar-refractivity contribution >= 4 is 41.5 Å². The minimum absolute atomic E-state index is 0.292. The van der Waals surface area contributed by atoms with E-state index < -0.39 is 88.8 Å². The SMILES string of the molecule is CC[C@@H](C)[C@@H](Cl)C(=O)N1C(=O)O[C@H]2O[C@H](COC(=O)C(C)(C)C)[C@@H](OC(=O)C(C)(C)C)[C@H](OC(=O)C(C)(C)C)[C@H]21. The zero-order valence-corrected chi connectivity index (χ0v) is 26.1. The molecule has 12 heteroatoms. The molecule has 0 N–H and O–H groups in total. The number of ether oxygens (including phenoxy) is 5. The van der Waals surface area contributed by atoms with Gasteiger partial charge < -0.3 is 23.7 Å². The summed E-state index contributed by atoms with van der Waals surface area (Å²) in [6, 6.07) is -1.32. The normalized spacial score (nSPS) is 26.8. The van der Waals surface area contributed by atoms with Gasteiger partial charge in [-0.25, -0.2) is 9.69 Å². The summed E-state index contributed by atoms with van der Waals surface area (Å²) in [5.41, 5.74) is -2.82. The molecule has 2 saturated heterocycles. The van der Waals surface area contributed by atoms with Crippen LogP contribution >= 0.6 is 11.6 Å². The second kappa shape index (κ2) is 12.2. The lowest BCUT2D eigenvalue weighted by atomic mass is 9.92. The fraction of sp³-hybridized carbons (Fsp3) is 0.821. The quantitative estimate of drug-likeness (QED) is 0.241. The lowest BCUT2D eigenvalue weighted by Crippen LogP contribution is -2.65. The average molecular weight is 590 g/mol. The lowest BCUT2D eigenvalue weighted by Gasteiger charge is -2.44. The first-order chi connectivity index (χ1) is 18.1. The van der Waals surface area contributed by atoms with Crippen molar-refractivity contribution in [2.75, 3.05) is 6.61 Å². The van der Waals surface area contributed by atoms with E-state index in [-0.39, 0.29) is 5.92 Å². The molecule has 2 fully saturated rings. The van der Waals surface area contributed by atoms with Gasteiger partial charge in [0.05, 0.1) is 16.2 Å². The van der Waals surface area contributed by atoms with E-state index in [2.05, 4.69) is 0 Å². The van der Waals surface area contributed by atoms with Crippen LogP contribution in [0.1, 0.15) is 82.6 Å². The van der Waals surface area contributed by atoms with Crippen molar-refractivity contribution in [1.29, 1.82) is 0 Å². The van der Waals surface area contributed by atoms with Crippen LogP contribution in [-0.4, -0.2) is 77.4 Å². The maximum absolute atomic E-state index is 13.5. The molecule has 0 spiro atoms. The van der Waals surface area contributed by atoms with Gasteiger partial charge in [-0.1, -0.05) is 20.3 Å². The smallest absolute Gasteiger partial charge is 0.419 e. The first-order valence-electron chi connectivity index (χ1n) is 13.5. The lowest BCUT2D eigenvalue weighted by molar-refractivity contribution is -0.259. The van der Waals surface area contributed by atoms with Crippen molar-refractivity contribution in [2.24, 2.45) is 22.2 Å². The molecule has 2 aliphatic rings. The number of esters is 3. The highest BCUT2D eigenvalue weighted by atomic mass is 35.5. The predicted molar refractivity (Wildman–Crippen MR) is 144 cm³/mol. The number of alkyl halides is 1. The van der Waals surface area contributed by atoms with E-state index in [9.17, 15) is 24.0 Å². The summed E-state index contributed by atoms with van der Waals surface area (Å²) in [7, 11) is 0. The molecule has 0 aromatic heterocycles. The highest BCUT2D eigenvalue weighted by molar-refractivity contribution is 6.32. The molecule has 228 valence electrons. The zero-order chi connectivity index (χ0) is 31.0. The van der Waals surface area contributed by atoms with Crippen LogP contribution in [0.3, 0.4) is 0 Å². The fourth-order valence-corrected chi connectivity index (χ4v) is 4.03.